The lowest BCUT2D eigenvalue weighted by molar-refractivity contribution is -0.151. The van der Waals surface area contributed by atoms with Gasteiger partial charge >= 0.3 is 5.97 Å². The lowest BCUT2D eigenvalue weighted by Gasteiger charge is -2.34. The van der Waals surface area contributed by atoms with E-state index in [0.29, 0.717) is 32.4 Å². The molecule has 2 aromatic carbocycles. The van der Waals surface area contributed by atoms with Gasteiger partial charge < -0.3 is 14.7 Å². The fourth-order valence-corrected chi connectivity index (χ4v) is 3.42. The van der Waals surface area contributed by atoms with Crippen LogP contribution in [0.2, 0.25) is 0 Å². The topological polar surface area (TPSA) is 66.8 Å². The molecule has 0 fully saturated rings. The number of hydrogen-bond acceptors (Lipinski definition) is 3. The van der Waals surface area contributed by atoms with Gasteiger partial charge in [-0.25, -0.2) is 4.79 Å². The van der Waals surface area contributed by atoms with E-state index in [1.165, 1.54) is 4.90 Å². The van der Waals surface area contributed by atoms with E-state index in [4.69, 9.17) is 4.74 Å². The Morgan fingerprint density at radius 1 is 1.11 bits per heavy atom. The number of benzene rings is 2. The highest BCUT2D eigenvalue weighted by molar-refractivity contribution is 5.84. The molecule has 0 bridgehead atoms. The predicted molar refractivity (Wildman–Crippen MR) is 103 cm³/mol. The monoisotopic (exact) mass is 367 g/mol. The van der Waals surface area contributed by atoms with Crippen molar-refractivity contribution in [2.45, 2.75) is 45.2 Å². The van der Waals surface area contributed by atoms with Crippen LogP contribution in [0.15, 0.2) is 48.5 Å². The molecule has 1 atom stereocenters. The van der Waals surface area contributed by atoms with Crippen LogP contribution in [0.25, 0.3) is 0 Å². The highest BCUT2D eigenvalue weighted by Crippen LogP contribution is 2.24. The molecule has 3 rings (SSSR count). The lowest BCUT2D eigenvalue weighted by atomic mass is 9.93. The predicted octanol–water partition coefficient (Wildman–Crippen LogP) is 3.58. The fourth-order valence-electron chi connectivity index (χ4n) is 3.42. The van der Waals surface area contributed by atoms with Crippen molar-refractivity contribution >= 4 is 11.9 Å². The van der Waals surface area contributed by atoms with E-state index < -0.39 is 12.0 Å². The maximum absolute atomic E-state index is 12.6. The Morgan fingerprint density at radius 2 is 1.89 bits per heavy atom. The van der Waals surface area contributed by atoms with Gasteiger partial charge in [0.2, 0.25) is 5.91 Å². The van der Waals surface area contributed by atoms with Gasteiger partial charge in [0.1, 0.15) is 11.8 Å². The van der Waals surface area contributed by atoms with Crippen LogP contribution in [-0.2, 0) is 22.6 Å². The van der Waals surface area contributed by atoms with Crippen molar-refractivity contribution in [3.8, 4) is 5.75 Å². The Balaban J connectivity index is 1.50. The Hall–Kier alpha value is -2.82. The maximum Gasteiger partial charge on any atom is 0.326 e. The molecule has 0 saturated heterocycles. The summed E-state index contributed by atoms with van der Waals surface area (Å²) >= 11 is 0. The molecule has 5 heteroatoms. The highest BCUT2D eigenvalue weighted by Gasteiger charge is 2.33. The summed E-state index contributed by atoms with van der Waals surface area (Å²) in [5.74, 6) is -0.215. The van der Waals surface area contributed by atoms with Gasteiger partial charge in [0.25, 0.3) is 0 Å². The molecule has 27 heavy (non-hydrogen) atoms. The van der Waals surface area contributed by atoms with Gasteiger partial charge in [-0.05, 0) is 48.6 Å². The number of unbranched alkanes of at least 4 members (excludes halogenated alkanes) is 1. The number of hydrogen-bond donors (Lipinski definition) is 1. The summed E-state index contributed by atoms with van der Waals surface area (Å²) < 4.78 is 5.70. The minimum atomic E-state index is -0.944. The van der Waals surface area contributed by atoms with Gasteiger partial charge in [-0.1, -0.05) is 36.4 Å². The zero-order valence-electron chi connectivity index (χ0n) is 15.6. The van der Waals surface area contributed by atoms with Crippen LogP contribution < -0.4 is 4.74 Å². The quantitative estimate of drug-likeness (QED) is 0.760. The number of ether oxygens (including phenoxy) is 1. The molecule has 0 spiro atoms. The molecule has 1 aliphatic heterocycles. The number of carbonyl (C=O) groups excluding carboxylic acids is 1. The number of carboxylic acids is 1. The van der Waals surface area contributed by atoms with Gasteiger partial charge in [-0.2, -0.15) is 0 Å². The summed E-state index contributed by atoms with van der Waals surface area (Å²) in [6.07, 6.45) is 2.13. The molecule has 0 saturated carbocycles. The third kappa shape index (κ3) is 4.88. The molecule has 1 heterocycles. The van der Waals surface area contributed by atoms with Crippen molar-refractivity contribution in [2.24, 2.45) is 0 Å². The maximum atomic E-state index is 12.6. The summed E-state index contributed by atoms with van der Waals surface area (Å²) in [5, 5.41) is 9.53. The Bertz CT molecular complexity index is 817. The second-order valence-corrected chi connectivity index (χ2v) is 6.97. The lowest BCUT2D eigenvalue weighted by Crippen LogP contribution is -2.48. The van der Waals surface area contributed by atoms with Crippen molar-refractivity contribution in [1.29, 1.82) is 0 Å². The molecular weight excluding hydrogens is 342 g/mol. The average Bonchev–Trinajstić information content (AvgIpc) is 2.66. The molecule has 2 aromatic rings. The third-order valence-electron chi connectivity index (χ3n) is 4.90. The summed E-state index contributed by atoms with van der Waals surface area (Å²) in [4.78, 5) is 25.8. The van der Waals surface area contributed by atoms with Crippen molar-refractivity contribution in [3.63, 3.8) is 0 Å². The zero-order chi connectivity index (χ0) is 19.2. The first-order valence-corrected chi connectivity index (χ1v) is 9.33. The van der Waals surface area contributed by atoms with E-state index in [1.807, 2.05) is 55.5 Å². The number of aliphatic carboxylic acids is 1. The highest BCUT2D eigenvalue weighted by atomic mass is 16.5. The molecule has 5 nitrogen and oxygen atoms in total. The van der Waals surface area contributed by atoms with Gasteiger partial charge in [0.05, 0.1) is 6.61 Å². The molecule has 1 unspecified atom stereocenters. The molecular formula is C22H25NO4. The number of carboxylic acid groups (broad SMARTS) is 1. The summed E-state index contributed by atoms with van der Waals surface area (Å²) in [5.41, 5.74) is 3.19. The molecule has 1 amide bonds. The second kappa shape index (κ2) is 8.71. The average molecular weight is 367 g/mol. The SMILES string of the molecule is Cc1cccc(OCCCCC(=O)N2Cc3ccccc3CC2C(=O)O)c1. The first-order chi connectivity index (χ1) is 13.0. The van der Waals surface area contributed by atoms with Crippen LogP contribution in [0, 0.1) is 6.92 Å². The Labute approximate surface area is 159 Å². The largest absolute Gasteiger partial charge is 0.494 e. The van der Waals surface area contributed by atoms with Crippen molar-refractivity contribution in [3.05, 3.63) is 65.2 Å². The third-order valence-corrected chi connectivity index (χ3v) is 4.90. The number of rotatable bonds is 7. The standard InChI is InChI=1S/C22H25NO4/c1-16-7-6-10-19(13-16)27-12-5-4-11-21(24)23-15-18-9-3-2-8-17(18)14-20(23)22(25)26/h2-3,6-10,13,20H,4-5,11-12,14-15H2,1H3,(H,25,26). The number of aryl methyl sites for hydroxylation is 1. The van der Waals surface area contributed by atoms with Crippen LogP contribution >= 0.6 is 0 Å². The normalized spacial score (nSPS) is 15.9. The second-order valence-electron chi connectivity index (χ2n) is 6.97. The van der Waals surface area contributed by atoms with Gasteiger partial charge in [0.15, 0.2) is 0 Å². The summed E-state index contributed by atoms with van der Waals surface area (Å²) in [7, 11) is 0. The van der Waals surface area contributed by atoms with Gasteiger partial charge in [0, 0.05) is 19.4 Å². The minimum absolute atomic E-state index is 0.104. The van der Waals surface area contributed by atoms with E-state index in [1.54, 1.807) is 0 Å². The first-order valence-electron chi connectivity index (χ1n) is 9.33. The number of amides is 1. The molecule has 1 aliphatic rings. The Morgan fingerprint density at radius 3 is 2.63 bits per heavy atom. The Kier molecular flexibility index (Phi) is 6.12. The van der Waals surface area contributed by atoms with Crippen LogP contribution in [0.5, 0.6) is 5.75 Å². The number of nitrogens with zero attached hydrogens (tertiary/aromatic N) is 1. The van der Waals surface area contributed by atoms with Crippen LogP contribution in [0.3, 0.4) is 0 Å². The zero-order valence-corrected chi connectivity index (χ0v) is 15.6. The number of carbonyl (C=O) groups is 2. The summed E-state index contributed by atoms with van der Waals surface area (Å²) in [6, 6.07) is 14.8. The van der Waals surface area contributed by atoms with E-state index in [2.05, 4.69) is 0 Å². The van der Waals surface area contributed by atoms with Crippen LogP contribution in [-0.4, -0.2) is 34.5 Å². The van der Waals surface area contributed by atoms with Gasteiger partial charge in [-0.15, -0.1) is 0 Å². The fraction of sp³-hybridized carbons (Fsp3) is 0.364. The van der Waals surface area contributed by atoms with Crippen LogP contribution in [0.1, 0.15) is 36.0 Å². The molecule has 1 N–H and O–H groups in total. The molecule has 0 aromatic heterocycles. The van der Waals surface area contributed by atoms with Gasteiger partial charge in [-0.3, -0.25) is 4.79 Å². The van der Waals surface area contributed by atoms with Crippen molar-refractivity contribution in [1.82, 2.24) is 4.90 Å². The van der Waals surface area contributed by atoms with Crippen molar-refractivity contribution < 1.29 is 19.4 Å². The summed E-state index contributed by atoms with van der Waals surface area (Å²) in [6.45, 7) is 2.93. The van der Waals surface area contributed by atoms with E-state index >= 15 is 0 Å². The van der Waals surface area contributed by atoms with E-state index in [0.717, 1.165) is 28.9 Å². The van der Waals surface area contributed by atoms with E-state index in [9.17, 15) is 14.7 Å². The molecule has 0 radical (unpaired) electrons. The van der Waals surface area contributed by atoms with E-state index in [-0.39, 0.29) is 5.91 Å². The smallest absolute Gasteiger partial charge is 0.326 e. The minimum Gasteiger partial charge on any atom is -0.494 e. The first kappa shape index (κ1) is 19.0. The number of fused-ring (bicyclic) bond motifs is 1. The van der Waals surface area contributed by atoms with Crippen molar-refractivity contribution in [2.75, 3.05) is 6.61 Å². The van der Waals surface area contributed by atoms with Crippen LogP contribution in [0.4, 0.5) is 0 Å². The molecule has 142 valence electrons. The molecule has 0 aliphatic carbocycles.